The van der Waals surface area contributed by atoms with E-state index in [1.165, 1.54) is 0 Å². The van der Waals surface area contributed by atoms with Gasteiger partial charge in [0.25, 0.3) is 0 Å². The van der Waals surface area contributed by atoms with Gasteiger partial charge in [-0.25, -0.2) is 0 Å². The lowest BCUT2D eigenvalue weighted by Crippen LogP contribution is -2.43. The summed E-state index contributed by atoms with van der Waals surface area (Å²) in [5.74, 6) is -1.16. The number of carbonyl (C=O) groups is 2. The quantitative estimate of drug-likeness (QED) is 0.769. The van der Waals surface area contributed by atoms with Gasteiger partial charge in [0, 0.05) is 12.6 Å². The molecular formula is C13H18N2O2. The maximum atomic E-state index is 11.4. The number of rotatable bonds is 4. The van der Waals surface area contributed by atoms with Gasteiger partial charge < -0.3 is 10.6 Å². The number of benzene rings is 1. The molecule has 4 heteroatoms. The number of hydrogen-bond acceptors (Lipinski definition) is 2. The van der Waals surface area contributed by atoms with Crippen molar-refractivity contribution in [3.8, 4) is 0 Å². The average Bonchev–Trinajstić information content (AvgIpc) is 2.36. The minimum atomic E-state index is -0.589. The Labute approximate surface area is 101 Å². The smallest absolute Gasteiger partial charge is 0.309 e. The highest BCUT2D eigenvalue weighted by Gasteiger charge is 2.14. The minimum absolute atomic E-state index is 0.0185. The predicted octanol–water partition coefficient (Wildman–Crippen LogP) is 1.22. The van der Waals surface area contributed by atoms with Gasteiger partial charge in [0.2, 0.25) is 0 Å². The first-order chi connectivity index (χ1) is 8.13. The number of amides is 2. The van der Waals surface area contributed by atoms with E-state index in [0.717, 1.165) is 12.0 Å². The van der Waals surface area contributed by atoms with E-state index >= 15 is 0 Å². The van der Waals surface area contributed by atoms with Crippen LogP contribution < -0.4 is 10.6 Å². The molecule has 0 saturated heterocycles. The van der Waals surface area contributed by atoms with Crippen LogP contribution in [0.1, 0.15) is 25.8 Å². The van der Waals surface area contributed by atoms with Crippen molar-refractivity contribution in [3.63, 3.8) is 0 Å². The maximum Gasteiger partial charge on any atom is 0.309 e. The molecule has 0 aliphatic heterocycles. The van der Waals surface area contributed by atoms with Crippen LogP contribution in [0.4, 0.5) is 0 Å². The van der Waals surface area contributed by atoms with Crippen LogP contribution in [0.25, 0.3) is 0 Å². The number of carbonyl (C=O) groups excluding carboxylic acids is 2. The number of hydrogen-bond donors (Lipinski definition) is 2. The third kappa shape index (κ3) is 4.68. The summed E-state index contributed by atoms with van der Waals surface area (Å²) in [7, 11) is 0. The summed E-state index contributed by atoms with van der Waals surface area (Å²) in [4.78, 5) is 22.9. The summed E-state index contributed by atoms with van der Waals surface area (Å²) in [6.07, 6.45) is 0.803. The molecule has 0 aliphatic rings. The monoisotopic (exact) mass is 234 g/mol. The molecule has 1 aromatic rings. The third-order valence-electron chi connectivity index (χ3n) is 2.49. The standard InChI is InChI=1S/C13H18N2O2/c1-3-10(2)15-13(17)12(16)14-9-11-7-5-4-6-8-11/h4-8,10H,3,9H2,1-2H3,(H,14,16)(H,15,17). The van der Waals surface area contributed by atoms with Gasteiger partial charge in [-0.2, -0.15) is 0 Å². The minimum Gasteiger partial charge on any atom is -0.345 e. The Balaban J connectivity index is 2.37. The zero-order valence-corrected chi connectivity index (χ0v) is 10.2. The molecule has 0 aliphatic carbocycles. The molecule has 17 heavy (non-hydrogen) atoms. The highest BCUT2D eigenvalue weighted by Crippen LogP contribution is 1.97. The fourth-order valence-electron chi connectivity index (χ4n) is 1.25. The van der Waals surface area contributed by atoms with Crippen molar-refractivity contribution in [1.82, 2.24) is 10.6 Å². The van der Waals surface area contributed by atoms with Gasteiger partial charge in [-0.3, -0.25) is 9.59 Å². The summed E-state index contributed by atoms with van der Waals surface area (Å²) in [5.41, 5.74) is 0.970. The highest BCUT2D eigenvalue weighted by atomic mass is 16.2. The van der Waals surface area contributed by atoms with Gasteiger partial charge in [0.05, 0.1) is 0 Å². The van der Waals surface area contributed by atoms with Gasteiger partial charge in [0.15, 0.2) is 0 Å². The molecule has 1 atom stereocenters. The lowest BCUT2D eigenvalue weighted by atomic mass is 10.2. The molecule has 2 N–H and O–H groups in total. The summed E-state index contributed by atoms with van der Waals surface area (Å²) >= 11 is 0. The molecule has 1 unspecified atom stereocenters. The second kappa shape index (κ2) is 6.68. The average molecular weight is 234 g/mol. The Kier molecular flexibility index (Phi) is 5.20. The second-order valence-corrected chi connectivity index (χ2v) is 3.95. The molecule has 92 valence electrons. The fourth-order valence-corrected chi connectivity index (χ4v) is 1.25. The first kappa shape index (κ1) is 13.2. The van der Waals surface area contributed by atoms with Gasteiger partial charge >= 0.3 is 11.8 Å². The van der Waals surface area contributed by atoms with E-state index in [2.05, 4.69) is 10.6 Å². The normalized spacial score (nSPS) is 11.6. The summed E-state index contributed by atoms with van der Waals surface area (Å²) in [6, 6.07) is 9.49. The molecule has 4 nitrogen and oxygen atoms in total. The van der Waals surface area contributed by atoms with Crippen LogP contribution in [0, 0.1) is 0 Å². The summed E-state index contributed by atoms with van der Waals surface area (Å²) in [6.45, 7) is 4.18. The van der Waals surface area contributed by atoms with Crippen LogP contribution in [-0.2, 0) is 16.1 Å². The molecule has 2 amide bonds. The molecular weight excluding hydrogens is 216 g/mol. The molecule has 0 fully saturated rings. The van der Waals surface area contributed by atoms with Crippen molar-refractivity contribution in [2.45, 2.75) is 32.9 Å². The van der Waals surface area contributed by atoms with Crippen molar-refractivity contribution in [3.05, 3.63) is 35.9 Å². The largest absolute Gasteiger partial charge is 0.345 e. The fraction of sp³-hybridized carbons (Fsp3) is 0.385. The molecule has 1 aromatic carbocycles. The Hall–Kier alpha value is -1.84. The van der Waals surface area contributed by atoms with E-state index in [0.29, 0.717) is 6.54 Å². The van der Waals surface area contributed by atoms with Crippen molar-refractivity contribution in [1.29, 1.82) is 0 Å². The Bertz CT molecular complexity index is 376. The van der Waals surface area contributed by atoms with Crippen molar-refractivity contribution < 1.29 is 9.59 Å². The van der Waals surface area contributed by atoms with E-state index in [4.69, 9.17) is 0 Å². The Morgan fingerprint density at radius 3 is 2.41 bits per heavy atom. The van der Waals surface area contributed by atoms with Crippen LogP contribution in [0.15, 0.2) is 30.3 Å². The maximum absolute atomic E-state index is 11.4. The van der Waals surface area contributed by atoms with Crippen LogP contribution in [-0.4, -0.2) is 17.9 Å². The molecule has 0 spiro atoms. The van der Waals surface area contributed by atoms with Crippen LogP contribution in [0.2, 0.25) is 0 Å². The van der Waals surface area contributed by atoms with Crippen molar-refractivity contribution in [2.75, 3.05) is 0 Å². The zero-order chi connectivity index (χ0) is 12.7. The van der Waals surface area contributed by atoms with E-state index in [1.807, 2.05) is 44.2 Å². The van der Waals surface area contributed by atoms with Gasteiger partial charge in [-0.05, 0) is 18.9 Å². The SMILES string of the molecule is CCC(C)NC(=O)C(=O)NCc1ccccc1. The van der Waals surface area contributed by atoms with E-state index in [9.17, 15) is 9.59 Å². The van der Waals surface area contributed by atoms with E-state index < -0.39 is 11.8 Å². The Morgan fingerprint density at radius 2 is 1.82 bits per heavy atom. The third-order valence-corrected chi connectivity index (χ3v) is 2.49. The lowest BCUT2D eigenvalue weighted by Gasteiger charge is -2.11. The molecule has 0 aromatic heterocycles. The zero-order valence-electron chi connectivity index (χ0n) is 10.2. The molecule has 0 saturated carbocycles. The summed E-state index contributed by atoms with van der Waals surface area (Å²) in [5, 5.41) is 5.19. The van der Waals surface area contributed by atoms with Crippen LogP contribution >= 0.6 is 0 Å². The first-order valence-corrected chi connectivity index (χ1v) is 5.76. The molecule has 0 bridgehead atoms. The topological polar surface area (TPSA) is 58.2 Å². The van der Waals surface area contributed by atoms with Gasteiger partial charge in [-0.1, -0.05) is 37.3 Å². The highest BCUT2D eigenvalue weighted by molar-refractivity contribution is 6.35. The van der Waals surface area contributed by atoms with Gasteiger partial charge in [-0.15, -0.1) is 0 Å². The van der Waals surface area contributed by atoms with Gasteiger partial charge in [0.1, 0.15) is 0 Å². The van der Waals surface area contributed by atoms with Crippen LogP contribution in [0.5, 0.6) is 0 Å². The molecule has 1 rings (SSSR count). The second-order valence-electron chi connectivity index (χ2n) is 3.95. The van der Waals surface area contributed by atoms with E-state index in [1.54, 1.807) is 0 Å². The predicted molar refractivity (Wildman–Crippen MR) is 66.2 cm³/mol. The van der Waals surface area contributed by atoms with Crippen molar-refractivity contribution >= 4 is 11.8 Å². The lowest BCUT2D eigenvalue weighted by molar-refractivity contribution is -0.139. The molecule has 0 heterocycles. The van der Waals surface area contributed by atoms with E-state index in [-0.39, 0.29) is 6.04 Å². The van der Waals surface area contributed by atoms with Crippen molar-refractivity contribution in [2.24, 2.45) is 0 Å². The summed E-state index contributed by atoms with van der Waals surface area (Å²) < 4.78 is 0. The van der Waals surface area contributed by atoms with Crippen LogP contribution in [0.3, 0.4) is 0 Å². The molecule has 0 radical (unpaired) electrons. The Morgan fingerprint density at radius 1 is 1.18 bits per heavy atom. The first-order valence-electron chi connectivity index (χ1n) is 5.76. The number of nitrogens with one attached hydrogen (secondary N) is 2.